The molecule has 2 unspecified atom stereocenters. The van der Waals surface area contributed by atoms with Crippen LogP contribution >= 0.6 is 31.9 Å². The number of halogens is 2. The minimum absolute atomic E-state index is 0.227. The zero-order chi connectivity index (χ0) is 6.73. The molecule has 0 rings (SSSR count). The Bertz CT molecular complexity index is 57.1. The molecule has 0 bridgehead atoms. The molecule has 4 heteroatoms. The minimum Gasteiger partial charge on any atom is -0.391 e. The molecule has 0 aliphatic carbocycles. The monoisotopic (exact) mass is 246 g/mol. The van der Waals surface area contributed by atoms with Crippen molar-refractivity contribution in [3.05, 3.63) is 0 Å². The predicted molar refractivity (Wildman–Crippen MR) is 39.3 cm³/mol. The van der Waals surface area contributed by atoms with Gasteiger partial charge in [-0.3, -0.25) is 0 Å². The molecule has 2 atom stereocenters. The van der Waals surface area contributed by atoms with Crippen molar-refractivity contribution in [3.63, 3.8) is 0 Å². The summed E-state index contributed by atoms with van der Waals surface area (Å²) < 4.78 is -0.227. The number of aliphatic hydroxyl groups is 2. The van der Waals surface area contributed by atoms with Crippen LogP contribution in [0.4, 0.5) is 0 Å². The Hall–Kier alpha value is 0.880. The fraction of sp³-hybridized carbons (Fsp3) is 1.00. The highest BCUT2D eigenvalue weighted by Gasteiger charge is 2.16. The van der Waals surface area contributed by atoms with E-state index >= 15 is 0 Å². The first-order valence-corrected chi connectivity index (χ1v) is 4.03. The lowest BCUT2D eigenvalue weighted by atomic mass is 10.3. The van der Waals surface area contributed by atoms with Crippen molar-refractivity contribution in [2.24, 2.45) is 0 Å². The molecule has 8 heavy (non-hydrogen) atoms. The van der Waals surface area contributed by atoms with Gasteiger partial charge in [-0.25, -0.2) is 0 Å². The van der Waals surface area contributed by atoms with Crippen molar-refractivity contribution in [3.8, 4) is 0 Å². The van der Waals surface area contributed by atoms with Gasteiger partial charge in [-0.1, -0.05) is 31.9 Å². The van der Waals surface area contributed by atoms with Crippen molar-refractivity contribution >= 4 is 31.9 Å². The van der Waals surface area contributed by atoms with Crippen molar-refractivity contribution in [2.75, 3.05) is 0 Å². The summed E-state index contributed by atoms with van der Waals surface area (Å²) in [6.07, 6.45) is -1.44. The Labute approximate surface area is 65.2 Å². The minimum atomic E-state index is -0.741. The van der Waals surface area contributed by atoms with E-state index in [9.17, 15) is 0 Å². The third-order valence-electron chi connectivity index (χ3n) is 0.752. The summed E-state index contributed by atoms with van der Waals surface area (Å²) in [5, 5.41) is 17.5. The molecule has 50 valence electrons. The number of alkyl halides is 2. The fourth-order valence-corrected chi connectivity index (χ4v) is 1.09. The summed E-state index contributed by atoms with van der Waals surface area (Å²) in [7, 11) is 0. The molecule has 0 saturated heterocycles. The number of aliphatic hydroxyl groups excluding tert-OH is 2. The van der Waals surface area contributed by atoms with Gasteiger partial charge in [0, 0.05) is 0 Å². The molecule has 0 aliphatic heterocycles. The molecule has 2 N–H and O–H groups in total. The van der Waals surface area contributed by atoms with Crippen molar-refractivity contribution in [2.45, 2.75) is 22.9 Å². The number of hydrogen-bond donors (Lipinski definition) is 2. The van der Waals surface area contributed by atoms with Crippen LogP contribution < -0.4 is 0 Å². The van der Waals surface area contributed by atoms with E-state index in [-0.39, 0.29) is 3.74 Å². The Morgan fingerprint density at radius 3 is 1.62 bits per heavy atom. The molecule has 0 aromatic rings. The van der Waals surface area contributed by atoms with Crippen LogP contribution in [0.25, 0.3) is 0 Å². The van der Waals surface area contributed by atoms with Gasteiger partial charge < -0.3 is 10.2 Å². The normalized spacial score (nSPS) is 18.8. The second-order valence-corrected chi connectivity index (χ2v) is 4.77. The van der Waals surface area contributed by atoms with E-state index in [0.29, 0.717) is 0 Å². The van der Waals surface area contributed by atoms with Crippen LogP contribution in [0.2, 0.25) is 0 Å². The van der Waals surface area contributed by atoms with Gasteiger partial charge in [-0.2, -0.15) is 0 Å². The molecule has 0 aliphatic rings. The van der Waals surface area contributed by atoms with E-state index < -0.39 is 12.2 Å². The van der Waals surface area contributed by atoms with E-state index in [1.807, 2.05) is 0 Å². The first-order chi connectivity index (χ1) is 3.55. The molecule has 0 aromatic carbocycles. The first kappa shape index (κ1) is 8.88. The second-order valence-electron chi connectivity index (χ2n) is 1.57. The van der Waals surface area contributed by atoms with Gasteiger partial charge in [-0.05, 0) is 6.92 Å². The van der Waals surface area contributed by atoms with E-state index in [1.165, 1.54) is 6.92 Å². The topological polar surface area (TPSA) is 40.5 Å². The van der Waals surface area contributed by atoms with Gasteiger partial charge in [0.15, 0.2) is 0 Å². The van der Waals surface area contributed by atoms with E-state index in [0.717, 1.165) is 0 Å². The van der Waals surface area contributed by atoms with Crippen LogP contribution in [0.5, 0.6) is 0 Å². The van der Waals surface area contributed by atoms with Gasteiger partial charge in [0.05, 0.1) is 9.84 Å². The zero-order valence-corrected chi connectivity index (χ0v) is 7.55. The highest BCUT2D eigenvalue weighted by Crippen LogP contribution is 2.15. The summed E-state index contributed by atoms with van der Waals surface area (Å²) in [4.78, 5) is 0. The molecular weight excluding hydrogens is 240 g/mol. The Kier molecular flexibility index (Phi) is 4.24. The zero-order valence-electron chi connectivity index (χ0n) is 4.38. The van der Waals surface area contributed by atoms with Crippen LogP contribution in [0.1, 0.15) is 6.92 Å². The summed E-state index contributed by atoms with van der Waals surface area (Å²) in [6, 6.07) is 0. The van der Waals surface area contributed by atoms with E-state index in [1.54, 1.807) is 0 Å². The van der Waals surface area contributed by atoms with Crippen LogP contribution in [0, 0.1) is 0 Å². The Morgan fingerprint density at radius 2 is 1.62 bits per heavy atom. The summed E-state index contributed by atoms with van der Waals surface area (Å²) >= 11 is 6.09. The van der Waals surface area contributed by atoms with Gasteiger partial charge in [-0.15, -0.1) is 0 Å². The number of rotatable bonds is 2. The lowest BCUT2D eigenvalue weighted by molar-refractivity contribution is 0.0439. The molecule has 0 amide bonds. The maximum atomic E-state index is 8.86. The van der Waals surface area contributed by atoms with Crippen LogP contribution in [-0.2, 0) is 0 Å². The van der Waals surface area contributed by atoms with Crippen molar-refractivity contribution in [1.29, 1.82) is 0 Å². The van der Waals surface area contributed by atoms with Gasteiger partial charge in [0.1, 0.15) is 6.10 Å². The second kappa shape index (κ2) is 3.82. The Balaban J connectivity index is 3.46. The third kappa shape index (κ3) is 3.02. The average Bonchev–Trinajstić information content (AvgIpc) is 1.64. The van der Waals surface area contributed by atoms with Crippen molar-refractivity contribution < 1.29 is 10.2 Å². The molecule has 0 aromatic heterocycles. The summed E-state index contributed by atoms with van der Waals surface area (Å²) in [6.45, 7) is 1.53. The molecule has 0 radical (unpaired) electrons. The molecule has 0 fully saturated rings. The summed E-state index contributed by atoms with van der Waals surface area (Å²) in [5.41, 5.74) is 0. The van der Waals surface area contributed by atoms with Crippen LogP contribution in [0.15, 0.2) is 0 Å². The molecule has 0 spiro atoms. The van der Waals surface area contributed by atoms with Gasteiger partial charge in [0.2, 0.25) is 0 Å². The van der Waals surface area contributed by atoms with Crippen LogP contribution in [-0.4, -0.2) is 26.2 Å². The largest absolute Gasteiger partial charge is 0.391 e. The third-order valence-corrected chi connectivity index (χ3v) is 1.84. The number of hydrogen-bond acceptors (Lipinski definition) is 2. The lowest BCUT2D eigenvalue weighted by Crippen LogP contribution is -2.27. The molecule has 0 heterocycles. The highest BCUT2D eigenvalue weighted by molar-refractivity contribution is 9.24. The molecule has 2 nitrogen and oxygen atoms in total. The standard InChI is InChI=1S/C4H8Br2O2/c1-2(7)3(8)4(5)6/h2-4,7-8H,1H3. The van der Waals surface area contributed by atoms with Gasteiger partial charge >= 0.3 is 0 Å². The maximum Gasteiger partial charge on any atom is 0.102 e. The predicted octanol–water partition coefficient (Wildman–Crippen LogP) is 0.844. The average molecular weight is 248 g/mol. The molecule has 0 saturated carbocycles. The fourth-order valence-electron chi connectivity index (χ4n) is 0.211. The first-order valence-electron chi connectivity index (χ1n) is 2.20. The highest BCUT2D eigenvalue weighted by atomic mass is 79.9. The SMILES string of the molecule is CC(O)C(O)C(Br)Br. The lowest BCUT2D eigenvalue weighted by Gasteiger charge is -2.13. The van der Waals surface area contributed by atoms with E-state index in [4.69, 9.17) is 10.2 Å². The Morgan fingerprint density at radius 1 is 1.25 bits per heavy atom. The van der Waals surface area contributed by atoms with Crippen LogP contribution in [0.3, 0.4) is 0 Å². The van der Waals surface area contributed by atoms with Gasteiger partial charge in [0.25, 0.3) is 0 Å². The van der Waals surface area contributed by atoms with Crippen molar-refractivity contribution in [1.82, 2.24) is 0 Å². The summed E-state index contributed by atoms with van der Waals surface area (Å²) in [5.74, 6) is 0. The van der Waals surface area contributed by atoms with E-state index in [2.05, 4.69) is 31.9 Å². The molecular formula is C4H8Br2O2. The maximum absolute atomic E-state index is 8.86. The quantitative estimate of drug-likeness (QED) is 0.711. The smallest absolute Gasteiger partial charge is 0.102 e.